The minimum absolute atomic E-state index is 0.262. The first-order chi connectivity index (χ1) is 16.5. The van der Waals surface area contributed by atoms with E-state index in [0.29, 0.717) is 19.0 Å². The van der Waals surface area contributed by atoms with Crippen molar-refractivity contribution in [3.05, 3.63) is 41.3 Å². The zero-order chi connectivity index (χ0) is 24.1. The summed E-state index contributed by atoms with van der Waals surface area (Å²) in [5.74, 6) is 1.01. The number of hydrogen-bond donors (Lipinski definition) is 0. The minimum atomic E-state index is -0.268. The molecule has 1 saturated carbocycles. The Bertz CT molecular complexity index is 962. The molecule has 1 aromatic carbocycles. The summed E-state index contributed by atoms with van der Waals surface area (Å²) in [6.07, 6.45) is 7.23. The van der Waals surface area contributed by atoms with E-state index in [1.807, 2.05) is 17.7 Å². The van der Waals surface area contributed by atoms with Gasteiger partial charge in [0.05, 0.1) is 17.9 Å². The fraction of sp³-hybridized carbons (Fsp3) is 0.630. The first-order valence-corrected chi connectivity index (χ1v) is 13.1. The second-order valence-corrected chi connectivity index (χ2v) is 9.76. The lowest BCUT2D eigenvalue weighted by Gasteiger charge is -2.36. The number of carbonyl (C=O) groups is 1. The smallest absolute Gasteiger partial charge is 0.223 e. The summed E-state index contributed by atoms with van der Waals surface area (Å²) in [6, 6.07) is 6.99. The molecule has 1 aromatic heterocycles. The number of unbranched alkanes of at least 4 members (excludes halogenated alkanes) is 3. The van der Waals surface area contributed by atoms with Crippen LogP contribution in [0.15, 0.2) is 24.3 Å². The van der Waals surface area contributed by atoms with Gasteiger partial charge in [-0.15, -0.1) is 0 Å². The molecule has 34 heavy (non-hydrogen) atoms. The summed E-state index contributed by atoms with van der Waals surface area (Å²) in [5.41, 5.74) is 2.75. The third-order valence-corrected chi connectivity index (χ3v) is 7.21. The molecule has 2 aromatic rings. The van der Waals surface area contributed by atoms with Crippen molar-refractivity contribution in [1.29, 1.82) is 0 Å². The minimum Gasteiger partial charge on any atom is -0.354 e. The molecular formula is C27H40FN5O. The number of amides is 1. The van der Waals surface area contributed by atoms with Crippen molar-refractivity contribution in [1.82, 2.24) is 19.6 Å². The average Bonchev–Trinajstić information content (AvgIpc) is 3.63. The van der Waals surface area contributed by atoms with Crippen molar-refractivity contribution in [3.63, 3.8) is 0 Å². The Morgan fingerprint density at radius 2 is 1.88 bits per heavy atom. The summed E-state index contributed by atoms with van der Waals surface area (Å²) >= 11 is 0. The van der Waals surface area contributed by atoms with E-state index < -0.39 is 0 Å². The van der Waals surface area contributed by atoms with Crippen molar-refractivity contribution in [3.8, 4) is 5.69 Å². The molecule has 1 saturated heterocycles. The molecule has 1 amide bonds. The van der Waals surface area contributed by atoms with E-state index in [-0.39, 0.29) is 11.7 Å². The molecule has 0 atom stereocenters. The Hall–Kier alpha value is -2.41. The predicted octanol–water partition coefficient (Wildman–Crippen LogP) is 4.92. The first-order valence-electron chi connectivity index (χ1n) is 13.1. The number of hydrogen-bond acceptors (Lipinski definition) is 4. The monoisotopic (exact) mass is 469 g/mol. The van der Waals surface area contributed by atoms with Crippen molar-refractivity contribution in [2.24, 2.45) is 0 Å². The van der Waals surface area contributed by atoms with Gasteiger partial charge in [-0.2, -0.15) is 5.10 Å². The lowest BCUT2D eigenvalue weighted by atomic mass is 10.1. The molecule has 6 nitrogen and oxygen atoms in total. The molecule has 4 rings (SSSR count). The van der Waals surface area contributed by atoms with Crippen LogP contribution < -0.4 is 4.90 Å². The number of halogens is 1. The maximum Gasteiger partial charge on any atom is 0.223 e. The van der Waals surface area contributed by atoms with Crippen molar-refractivity contribution < 1.29 is 9.18 Å². The molecule has 2 fully saturated rings. The first kappa shape index (κ1) is 24.7. The van der Waals surface area contributed by atoms with E-state index in [4.69, 9.17) is 5.10 Å². The molecule has 0 unspecified atom stereocenters. The molecule has 1 aliphatic heterocycles. The zero-order valence-corrected chi connectivity index (χ0v) is 21.1. The molecule has 0 spiro atoms. The van der Waals surface area contributed by atoms with Crippen molar-refractivity contribution in [2.45, 2.75) is 78.3 Å². The maximum atomic E-state index is 14.1. The summed E-state index contributed by atoms with van der Waals surface area (Å²) in [5, 5.41) is 4.87. The van der Waals surface area contributed by atoms with Crippen LogP contribution in [0.4, 0.5) is 10.2 Å². The molecule has 0 N–H and O–H groups in total. The Kier molecular flexibility index (Phi) is 8.24. The van der Waals surface area contributed by atoms with Gasteiger partial charge in [0.25, 0.3) is 0 Å². The fourth-order valence-electron chi connectivity index (χ4n) is 4.95. The topological polar surface area (TPSA) is 44.6 Å². The number of likely N-dealkylation sites (N-methyl/N-ethyl adjacent to an activating group) is 1. The maximum absolute atomic E-state index is 14.1. The Morgan fingerprint density at radius 3 is 2.53 bits per heavy atom. The van der Waals surface area contributed by atoms with E-state index >= 15 is 0 Å². The lowest BCUT2D eigenvalue weighted by Crippen LogP contribution is -2.47. The van der Waals surface area contributed by atoms with Crippen LogP contribution in [-0.2, 0) is 11.3 Å². The van der Waals surface area contributed by atoms with Gasteiger partial charge < -0.3 is 14.7 Å². The molecule has 2 aliphatic rings. The van der Waals surface area contributed by atoms with Crippen LogP contribution in [-0.4, -0.2) is 64.3 Å². The third kappa shape index (κ3) is 5.80. The zero-order valence-electron chi connectivity index (χ0n) is 21.1. The van der Waals surface area contributed by atoms with Crippen LogP contribution in [0.3, 0.4) is 0 Å². The number of carbonyl (C=O) groups excluding carboxylic acids is 1. The number of piperazine rings is 1. The van der Waals surface area contributed by atoms with Gasteiger partial charge in [0.2, 0.25) is 5.91 Å². The highest BCUT2D eigenvalue weighted by atomic mass is 19.1. The Labute approximate surface area is 203 Å². The van der Waals surface area contributed by atoms with E-state index in [9.17, 15) is 9.18 Å². The SMILES string of the molecule is CCCCCCC(=O)N(Cc1c(C)nn(-c2cccc(F)c2)c1N1CCN(CC)CC1)C1CC1. The average molecular weight is 470 g/mol. The van der Waals surface area contributed by atoms with Crippen molar-refractivity contribution in [2.75, 3.05) is 37.6 Å². The summed E-state index contributed by atoms with van der Waals surface area (Å²) < 4.78 is 16.0. The number of anilines is 1. The van der Waals surface area contributed by atoms with Crippen LogP contribution in [0, 0.1) is 12.7 Å². The lowest BCUT2D eigenvalue weighted by molar-refractivity contribution is -0.132. The van der Waals surface area contributed by atoms with Gasteiger partial charge in [-0.1, -0.05) is 39.2 Å². The highest BCUT2D eigenvalue weighted by Crippen LogP contribution is 2.34. The normalized spacial score (nSPS) is 16.8. The van der Waals surface area contributed by atoms with Gasteiger partial charge in [0, 0.05) is 44.2 Å². The van der Waals surface area contributed by atoms with Gasteiger partial charge in [-0.05, 0) is 50.9 Å². The predicted molar refractivity (Wildman–Crippen MR) is 135 cm³/mol. The van der Waals surface area contributed by atoms with E-state index in [1.54, 1.807) is 12.1 Å². The van der Waals surface area contributed by atoms with Crippen LogP contribution in [0.25, 0.3) is 5.69 Å². The standard InChI is InChI=1S/C27H40FN5O/c1-4-6-7-8-12-26(34)32(23-13-14-23)20-25-21(3)29-33(24-11-9-10-22(28)19-24)27(25)31-17-15-30(5-2)16-18-31/h9-11,19,23H,4-8,12-18,20H2,1-3H3. The summed E-state index contributed by atoms with van der Waals surface area (Å²) in [4.78, 5) is 20.1. The fourth-order valence-corrected chi connectivity index (χ4v) is 4.95. The summed E-state index contributed by atoms with van der Waals surface area (Å²) in [7, 11) is 0. The van der Waals surface area contributed by atoms with E-state index in [2.05, 4.69) is 28.5 Å². The highest BCUT2D eigenvalue weighted by molar-refractivity contribution is 5.77. The molecule has 2 heterocycles. The van der Waals surface area contributed by atoms with Crippen LogP contribution in [0.1, 0.15) is 70.1 Å². The molecule has 1 aliphatic carbocycles. The largest absolute Gasteiger partial charge is 0.354 e. The second-order valence-electron chi connectivity index (χ2n) is 9.76. The quantitative estimate of drug-likeness (QED) is 0.438. The van der Waals surface area contributed by atoms with E-state index in [1.165, 1.54) is 18.9 Å². The van der Waals surface area contributed by atoms with Gasteiger partial charge in [-0.3, -0.25) is 4.79 Å². The summed E-state index contributed by atoms with van der Waals surface area (Å²) in [6.45, 7) is 11.8. The van der Waals surface area contributed by atoms with Gasteiger partial charge >= 0.3 is 0 Å². The van der Waals surface area contributed by atoms with Crippen LogP contribution in [0.5, 0.6) is 0 Å². The van der Waals surface area contributed by atoms with Gasteiger partial charge in [-0.25, -0.2) is 9.07 Å². The molecule has 0 radical (unpaired) electrons. The van der Waals surface area contributed by atoms with Crippen molar-refractivity contribution >= 4 is 11.7 Å². The number of aryl methyl sites for hydroxylation is 1. The van der Waals surface area contributed by atoms with Gasteiger partial charge in [0.1, 0.15) is 11.6 Å². The molecule has 186 valence electrons. The Morgan fingerprint density at radius 1 is 1.12 bits per heavy atom. The Balaban J connectivity index is 1.63. The van der Waals surface area contributed by atoms with Crippen LogP contribution >= 0.6 is 0 Å². The second kappa shape index (κ2) is 11.3. The number of aromatic nitrogens is 2. The molecule has 7 heteroatoms. The van der Waals surface area contributed by atoms with E-state index in [0.717, 1.165) is 81.2 Å². The van der Waals surface area contributed by atoms with Crippen LogP contribution in [0.2, 0.25) is 0 Å². The third-order valence-electron chi connectivity index (χ3n) is 7.21. The number of rotatable bonds is 11. The van der Waals surface area contributed by atoms with Gasteiger partial charge in [0.15, 0.2) is 0 Å². The number of benzene rings is 1. The molecule has 0 bridgehead atoms. The number of nitrogens with zero attached hydrogens (tertiary/aromatic N) is 5. The molecular weight excluding hydrogens is 429 g/mol. The highest BCUT2D eigenvalue weighted by Gasteiger charge is 2.35.